The maximum atomic E-state index is 12.1. The Hall–Kier alpha value is -3.09. The zero-order chi connectivity index (χ0) is 19.9. The first-order valence-electron chi connectivity index (χ1n) is 9.37. The molecule has 0 aliphatic heterocycles. The minimum Gasteiger partial charge on any atom is -0.497 e. The van der Waals surface area contributed by atoms with Crippen LogP contribution in [0.2, 0.25) is 0 Å². The molecule has 3 rings (SSSR count). The van der Waals surface area contributed by atoms with Gasteiger partial charge in [-0.05, 0) is 43.4 Å². The van der Waals surface area contributed by atoms with Crippen molar-refractivity contribution in [3.8, 4) is 11.5 Å². The largest absolute Gasteiger partial charge is 0.497 e. The summed E-state index contributed by atoms with van der Waals surface area (Å²) in [5.41, 5.74) is 3.90. The van der Waals surface area contributed by atoms with Crippen molar-refractivity contribution in [1.29, 1.82) is 0 Å². The van der Waals surface area contributed by atoms with Crippen LogP contribution in [0.4, 0.5) is 0 Å². The lowest BCUT2D eigenvalue weighted by molar-refractivity contribution is -0.121. The van der Waals surface area contributed by atoms with Crippen molar-refractivity contribution >= 4 is 11.6 Å². The Morgan fingerprint density at radius 2 is 2.04 bits per heavy atom. The Balaban J connectivity index is 1.42. The third-order valence-electron chi connectivity index (χ3n) is 4.57. The van der Waals surface area contributed by atoms with Gasteiger partial charge in [0.25, 0.3) is 0 Å². The van der Waals surface area contributed by atoms with Crippen LogP contribution in [0.5, 0.6) is 11.5 Å². The Labute approximate surface area is 164 Å². The molecule has 0 aliphatic rings. The molecule has 0 saturated carbocycles. The number of carbonyl (C=O) groups excluding carboxylic acids is 1. The molecule has 1 aromatic carbocycles. The molecule has 1 amide bonds. The molecule has 2 heterocycles. The fraction of sp³-hybridized carbons (Fsp3) is 0.381. The van der Waals surface area contributed by atoms with E-state index in [4.69, 9.17) is 9.47 Å². The van der Waals surface area contributed by atoms with Crippen molar-refractivity contribution in [2.24, 2.45) is 0 Å². The highest BCUT2D eigenvalue weighted by molar-refractivity contribution is 5.76. The summed E-state index contributed by atoms with van der Waals surface area (Å²) in [5.74, 6) is 1.51. The summed E-state index contributed by atoms with van der Waals surface area (Å²) < 4.78 is 12.4. The number of hydrogen-bond acceptors (Lipinski definition) is 5. The highest BCUT2D eigenvalue weighted by atomic mass is 16.5. The number of fused-ring (bicyclic) bond motifs is 1. The number of ether oxygens (including phenoxy) is 2. The Bertz CT molecular complexity index is 952. The number of aromatic nitrogens is 3. The van der Waals surface area contributed by atoms with Gasteiger partial charge in [-0.3, -0.25) is 4.79 Å². The van der Waals surface area contributed by atoms with Crippen LogP contribution in [-0.2, 0) is 17.6 Å². The standard InChI is InChI=1S/C21H26N4O3/c1-15-11-20-23-13-16(14-25(20)24-15)5-4-10-22-21(26)9-7-17-6-8-18(27-2)12-19(17)28-3/h6,8,11-14H,4-5,7,9-10H2,1-3H3,(H,22,26). The molecule has 28 heavy (non-hydrogen) atoms. The number of rotatable bonds is 9. The molecule has 0 fully saturated rings. The number of benzene rings is 1. The molecule has 0 aliphatic carbocycles. The van der Waals surface area contributed by atoms with Crippen molar-refractivity contribution in [1.82, 2.24) is 19.9 Å². The van der Waals surface area contributed by atoms with Crippen LogP contribution < -0.4 is 14.8 Å². The second-order valence-electron chi connectivity index (χ2n) is 6.68. The summed E-state index contributed by atoms with van der Waals surface area (Å²) in [6, 6.07) is 7.59. The first kappa shape index (κ1) is 19.7. The molecule has 0 atom stereocenters. The van der Waals surface area contributed by atoms with E-state index in [0.29, 0.717) is 19.4 Å². The molecule has 148 valence electrons. The third-order valence-corrected chi connectivity index (χ3v) is 4.57. The van der Waals surface area contributed by atoms with Gasteiger partial charge in [0, 0.05) is 37.5 Å². The normalized spacial score (nSPS) is 10.8. The average Bonchev–Trinajstić information content (AvgIpc) is 3.08. The third kappa shape index (κ3) is 5.00. The number of amides is 1. The second-order valence-corrected chi connectivity index (χ2v) is 6.68. The summed E-state index contributed by atoms with van der Waals surface area (Å²) in [4.78, 5) is 16.5. The van der Waals surface area contributed by atoms with Crippen molar-refractivity contribution in [3.05, 3.63) is 53.5 Å². The Morgan fingerprint density at radius 1 is 1.18 bits per heavy atom. The van der Waals surface area contributed by atoms with Crippen LogP contribution in [0.1, 0.15) is 29.7 Å². The van der Waals surface area contributed by atoms with E-state index in [9.17, 15) is 4.79 Å². The summed E-state index contributed by atoms with van der Waals surface area (Å²) in [7, 11) is 3.24. The molecule has 0 saturated heterocycles. The monoisotopic (exact) mass is 382 g/mol. The lowest BCUT2D eigenvalue weighted by atomic mass is 10.1. The van der Waals surface area contributed by atoms with Crippen molar-refractivity contribution < 1.29 is 14.3 Å². The number of nitrogens with zero attached hydrogens (tertiary/aromatic N) is 3. The topological polar surface area (TPSA) is 77.8 Å². The predicted octanol–water partition coefficient (Wildman–Crippen LogP) is 2.74. The zero-order valence-corrected chi connectivity index (χ0v) is 16.6. The van der Waals surface area contributed by atoms with Gasteiger partial charge in [0.1, 0.15) is 11.5 Å². The summed E-state index contributed by atoms with van der Waals surface area (Å²) >= 11 is 0. The van der Waals surface area contributed by atoms with Crippen molar-refractivity contribution in [2.45, 2.75) is 32.6 Å². The van der Waals surface area contributed by atoms with E-state index < -0.39 is 0 Å². The number of nitrogens with one attached hydrogen (secondary N) is 1. The lowest BCUT2D eigenvalue weighted by Gasteiger charge is -2.10. The molecule has 2 aromatic heterocycles. The highest BCUT2D eigenvalue weighted by Gasteiger charge is 2.08. The zero-order valence-electron chi connectivity index (χ0n) is 16.6. The molecule has 7 nitrogen and oxygen atoms in total. The smallest absolute Gasteiger partial charge is 0.220 e. The summed E-state index contributed by atoms with van der Waals surface area (Å²) in [6.07, 6.45) is 6.60. The first-order chi connectivity index (χ1) is 13.6. The fourth-order valence-electron chi connectivity index (χ4n) is 3.08. The van der Waals surface area contributed by atoms with E-state index in [-0.39, 0.29) is 5.91 Å². The fourth-order valence-corrected chi connectivity index (χ4v) is 3.08. The highest BCUT2D eigenvalue weighted by Crippen LogP contribution is 2.25. The molecule has 0 bridgehead atoms. The van der Waals surface area contributed by atoms with Gasteiger partial charge in [-0.2, -0.15) is 5.10 Å². The minimum atomic E-state index is 0.0362. The van der Waals surface area contributed by atoms with Crippen LogP contribution in [-0.4, -0.2) is 41.3 Å². The van der Waals surface area contributed by atoms with Gasteiger partial charge < -0.3 is 14.8 Å². The van der Waals surface area contributed by atoms with Gasteiger partial charge in [-0.15, -0.1) is 0 Å². The first-order valence-corrected chi connectivity index (χ1v) is 9.37. The SMILES string of the molecule is COc1ccc(CCC(=O)NCCCc2cnc3cc(C)nn3c2)c(OC)c1. The second kappa shape index (κ2) is 9.21. The van der Waals surface area contributed by atoms with E-state index in [1.54, 1.807) is 18.7 Å². The Morgan fingerprint density at radius 3 is 2.82 bits per heavy atom. The molecule has 3 aromatic rings. The molecule has 0 unspecified atom stereocenters. The van der Waals surface area contributed by atoms with Gasteiger partial charge in [-0.25, -0.2) is 9.50 Å². The van der Waals surface area contributed by atoms with E-state index in [0.717, 1.165) is 46.8 Å². The van der Waals surface area contributed by atoms with E-state index in [1.165, 1.54) is 0 Å². The van der Waals surface area contributed by atoms with E-state index in [1.807, 2.05) is 43.6 Å². The number of aryl methyl sites for hydroxylation is 3. The average molecular weight is 382 g/mol. The maximum Gasteiger partial charge on any atom is 0.220 e. The van der Waals surface area contributed by atoms with Gasteiger partial charge in [-0.1, -0.05) is 6.07 Å². The van der Waals surface area contributed by atoms with Crippen LogP contribution >= 0.6 is 0 Å². The van der Waals surface area contributed by atoms with Crippen LogP contribution in [0.3, 0.4) is 0 Å². The minimum absolute atomic E-state index is 0.0362. The lowest BCUT2D eigenvalue weighted by Crippen LogP contribution is -2.25. The number of hydrogen-bond donors (Lipinski definition) is 1. The maximum absolute atomic E-state index is 12.1. The van der Waals surface area contributed by atoms with Crippen LogP contribution in [0.15, 0.2) is 36.7 Å². The molecule has 0 radical (unpaired) electrons. The Kier molecular flexibility index (Phi) is 6.47. The van der Waals surface area contributed by atoms with E-state index in [2.05, 4.69) is 15.4 Å². The van der Waals surface area contributed by atoms with Gasteiger partial charge in [0.15, 0.2) is 5.65 Å². The quantitative estimate of drug-likeness (QED) is 0.576. The number of carbonyl (C=O) groups is 1. The summed E-state index contributed by atoms with van der Waals surface area (Å²) in [6.45, 7) is 2.58. The summed E-state index contributed by atoms with van der Waals surface area (Å²) in [5, 5.41) is 7.35. The number of methoxy groups -OCH3 is 2. The predicted molar refractivity (Wildman–Crippen MR) is 107 cm³/mol. The van der Waals surface area contributed by atoms with Crippen LogP contribution in [0.25, 0.3) is 5.65 Å². The molecule has 1 N–H and O–H groups in total. The van der Waals surface area contributed by atoms with E-state index >= 15 is 0 Å². The van der Waals surface area contributed by atoms with Crippen LogP contribution in [0, 0.1) is 6.92 Å². The van der Waals surface area contributed by atoms with Crippen molar-refractivity contribution in [3.63, 3.8) is 0 Å². The molecule has 0 spiro atoms. The van der Waals surface area contributed by atoms with Gasteiger partial charge in [0.2, 0.25) is 5.91 Å². The molecule has 7 heteroatoms. The molecular weight excluding hydrogens is 356 g/mol. The van der Waals surface area contributed by atoms with Gasteiger partial charge >= 0.3 is 0 Å². The molecular formula is C21H26N4O3. The van der Waals surface area contributed by atoms with Crippen molar-refractivity contribution in [2.75, 3.05) is 20.8 Å². The van der Waals surface area contributed by atoms with Gasteiger partial charge in [0.05, 0.1) is 19.9 Å².